The van der Waals surface area contributed by atoms with Gasteiger partial charge in [0.05, 0.1) is 0 Å². The number of nitrogen functional groups attached to an aromatic ring is 1. The average Bonchev–Trinajstić information content (AvgIpc) is 2.54. The monoisotopic (exact) mass is 390 g/mol. The molecular formula is C24H42N2O2. The normalized spacial score (nSPS) is 19.0. The molecule has 0 radical (unpaired) electrons. The lowest BCUT2D eigenvalue weighted by molar-refractivity contribution is -0.0538. The first-order valence-electron chi connectivity index (χ1n) is 10.7. The third kappa shape index (κ3) is 7.03. The van der Waals surface area contributed by atoms with Crippen LogP contribution in [0, 0.1) is 19.8 Å². The molecule has 0 aliphatic carbocycles. The van der Waals surface area contributed by atoms with Crippen molar-refractivity contribution in [2.75, 3.05) is 12.3 Å². The quantitative estimate of drug-likeness (QED) is 0.585. The minimum Gasteiger partial charge on any atom is -0.444 e. The summed E-state index contributed by atoms with van der Waals surface area (Å²) in [5.74, 6) is 0.690. The number of hydrogen-bond donors (Lipinski definition) is 1. The summed E-state index contributed by atoms with van der Waals surface area (Å²) in [6.07, 6.45) is 5.51. The fourth-order valence-electron chi connectivity index (χ4n) is 3.58. The van der Waals surface area contributed by atoms with Crippen LogP contribution >= 0.6 is 0 Å². The highest BCUT2D eigenvalue weighted by Gasteiger charge is 2.47. The van der Waals surface area contributed by atoms with Crippen molar-refractivity contribution in [2.45, 2.75) is 98.6 Å². The second kappa shape index (κ2) is 10.2. The summed E-state index contributed by atoms with van der Waals surface area (Å²) in [4.78, 5) is 14.3. The van der Waals surface area contributed by atoms with E-state index in [0.717, 1.165) is 37.9 Å². The molecule has 4 heteroatoms. The predicted octanol–water partition coefficient (Wildman–Crippen LogP) is 6.49. The van der Waals surface area contributed by atoms with E-state index in [0.29, 0.717) is 5.92 Å². The highest BCUT2D eigenvalue weighted by molar-refractivity contribution is 5.70. The summed E-state index contributed by atoms with van der Waals surface area (Å²) >= 11 is 0. The molecule has 2 rings (SSSR count). The summed E-state index contributed by atoms with van der Waals surface area (Å²) in [7, 11) is 0. The molecule has 28 heavy (non-hydrogen) atoms. The first-order chi connectivity index (χ1) is 12.9. The van der Waals surface area contributed by atoms with E-state index in [1.807, 2.05) is 44.7 Å². The number of likely N-dealkylation sites (tertiary alicyclic amines) is 1. The number of rotatable bonds is 5. The molecule has 1 amide bonds. The molecule has 0 aromatic heterocycles. The van der Waals surface area contributed by atoms with Crippen LogP contribution in [-0.4, -0.2) is 28.7 Å². The molecular weight excluding hydrogens is 348 g/mol. The number of carbonyl (C=O) groups is 1. The first-order valence-corrected chi connectivity index (χ1v) is 10.7. The van der Waals surface area contributed by atoms with E-state index >= 15 is 0 Å². The van der Waals surface area contributed by atoms with Crippen LogP contribution in [0.4, 0.5) is 10.5 Å². The minimum absolute atomic E-state index is 0.0708. The topological polar surface area (TPSA) is 55.6 Å². The molecule has 0 saturated carbocycles. The molecule has 1 aliphatic heterocycles. The number of aryl methyl sites for hydroxylation is 1. The van der Waals surface area contributed by atoms with Crippen LogP contribution in [0.2, 0.25) is 0 Å². The van der Waals surface area contributed by atoms with Crippen molar-refractivity contribution in [3.8, 4) is 0 Å². The van der Waals surface area contributed by atoms with Crippen molar-refractivity contribution >= 4 is 11.8 Å². The van der Waals surface area contributed by atoms with Gasteiger partial charge < -0.3 is 15.4 Å². The van der Waals surface area contributed by atoms with Crippen molar-refractivity contribution < 1.29 is 9.53 Å². The van der Waals surface area contributed by atoms with E-state index in [1.165, 1.54) is 17.5 Å². The van der Waals surface area contributed by atoms with E-state index in [9.17, 15) is 4.79 Å². The molecule has 1 heterocycles. The molecule has 1 atom stereocenters. The van der Waals surface area contributed by atoms with Crippen molar-refractivity contribution in [1.82, 2.24) is 4.90 Å². The molecule has 160 valence electrons. The van der Waals surface area contributed by atoms with E-state index in [4.69, 9.17) is 10.5 Å². The van der Waals surface area contributed by atoms with Crippen molar-refractivity contribution in [3.63, 3.8) is 0 Å². The molecule has 1 aliphatic rings. The second-order valence-electron chi connectivity index (χ2n) is 9.58. The van der Waals surface area contributed by atoms with Crippen molar-refractivity contribution in [1.29, 1.82) is 0 Å². The van der Waals surface area contributed by atoms with Gasteiger partial charge in [-0.05, 0) is 83.4 Å². The Morgan fingerprint density at radius 1 is 1.25 bits per heavy atom. The fraction of sp³-hybridized carbons (Fsp3) is 0.708. The zero-order valence-corrected chi connectivity index (χ0v) is 19.4. The summed E-state index contributed by atoms with van der Waals surface area (Å²) in [5, 5.41) is 0. The van der Waals surface area contributed by atoms with Crippen LogP contribution in [0.15, 0.2) is 18.2 Å². The third-order valence-corrected chi connectivity index (χ3v) is 5.54. The van der Waals surface area contributed by atoms with Gasteiger partial charge in [0.1, 0.15) is 5.60 Å². The third-order valence-electron chi connectivity index (χ3n) is 5.54. The molecule has 1 saturated heterocycles. The molecule has 0 bridgehead atoms. The zero-order chi connectivity index (χ0) is 21.5. The first kappa shape index (κ1) is 24.3. The standard InChI is InChI=1S/C16H31NO2.C8H11N/c1-7-9-16(10-8-13(2)3)11-12-17(16)14(18)19-15(4,5)6;1-6-4-3-5-8(9)7(6)2/h13H,7-12H2,1-6H3;3-5H,9H2,1-2H3. The second-order valence-corrected chi connectivity index (χ2v) is 9.58. The predicted molar refractivity (Wildman–Crippen MR) is 120 cm³/mol. The Morgan fingerprint density at radius 3 is 2.29 bits per heavy atom. The number of hydrogen-bond acceptors (Lipinski definition) is 3. The van der Waals surface area contributed by atoms with Crippen LogP contribution in [0.25, 0.3) is 0 Å². The number of nitrogens with zero attached hydrogens (tertiary/aromatic N) is 1. The van der Waals surface area contributed by atoms with Crippen LogP contribution in [0.1, 0.15) is 84.8 Å². The lowest BCUT2D eigenvalue weighted by atomic mass is 9.76. The number of carbonyl (C=O) groups excluding carboxylic acids is 1. The van der Waals surface area contributed by atoms with E-state index in [2.05, 4.69) is 33.8 Å². The summed E-state index contributed by atoms with van der Waals surface area (Å²) in [6, 6.07) is 5.95. The maximum absolute atomic E-state index is 12.3. The van der Waals surface area contributed by atoms with Crippen LogP contribution in [0.3, 0.4) is 0 Å². The van der Waals surface area contributed by atoms with Gasteiger partial charge in [0.25, 0.3) is 0 Å². The number of anilines is 1. The number of amides is 1. The Morgan fingerprint density at radius 2 is 1.89 bits per heavy atom. The highest BCUT2D eigenvalue weighted by Crippen LogP contribution is 2.40. The molecule has 0 spiro atoms. The number of benzene rings is 1. The van der Waals surface area contributed by atoms with E-state index in [-0.39, 0.29) is 11.6 Å². The maximum atomic E-state index is 12.3. The molecule has 1 aromatic carbocycles. The summed E-state index contributed by atoms with van der Waals surface area (Å²) in [6.45, 7) is 17.4. The summed E-state index contributed by atoms with van der Waals surface area (Å²) in [5.41, 5.74) is 8.63. The fourth-order valence-corrected chi connectivity index (χ4v) is 3.58. The Balaban J connectivity index is 0.000000362. The maximum Gasteiger partial charge on any atom is 0.410 e. The largest absolute Gasteiger partial charge is 0.444 e. The number of nitrogens with two attached hydrogens (primary N) is 1. The van der Waals surface area contributed by atoms with Gasteiger partial charge in [0.2, 0.25) is 0 Å². The van der Waals surface area contributed by atoms with Crippen molar-refractivity contribution in [2.24, 2.45) is 5.92 Å². The Labute approximate surface area is 172 Å². The van der Waals surface area contributed by atoms with Gasteiger partial charge in [0.15, 0.2) is 0 Å². The molecule has 4 nitrogen and oxygen atoms in total. The van der Waals surface area contributed by atoms with Crippen LogP contribution in [0.5, 0.6) is 0 Å². The Hall–Kier alpha value is -1.71. The molecule has 1 fully saturated rings. The van der Waals surface area contributed by atoms with Gasteiger partial charge in [-0.25, -0.2) is 4.79 Å². The van der Waals surface area contributed by atoms with Gasteiger partial charge in [-0.1, -0.05) is 39.3 Å². The summed E-state index contributed by atoms with van der Waals surface area (Å²) < 4.78 is 5.54. The average molecular weight is 391 g/mol. The SMILES string of the molecule is CCCC1(CCC(C)C)CCN1C(=O)OC(C)(C)C.Cc1cccc(N)c1C. The Bertz CT molecular complexity index is 614. The minimum atomic E-state index is -0.400. The van der Waals surface area contributed by atoms with Gasteiger partial charge in [-0.3, -0.25) is 0 Å². The van der Waals surface area contributed by atoms with E-state index in [1.54, 1.807) is 0 Å². The van der Waals surface area contributed by atoms with Gasteiger partial charge in [-0.15, -0.1) is 0 Å². The van der Waals surface area contributed by atoms with Crippen LogP contribution in [-0.2, 0) is 4.74 Å². The molecule has 1 aromatic rings. The zero-order valence-electron chi connectivity index (χ0n) is 19.4. The van der Waals surface area contributed by atoms with Gasteiger partial charge in [0, 0.05) is 17.8 Å². The van der Waals surface area contributed by atoms with Crippen LogP contribution < -0.4 is 5.73 Å². The molecule has 1 unspecified atom stereocenters. The molecule has 2 N–H and O–H groups in total. The Kier molecular flexibility index (Phi) is 8.84. The smallest absolute Gasteiger partial charge is 0.410 e. The van der Waals surface area contributed by atoms with Crippen molar-refractivity contribution in [3.05, 3.63) is 29.3 Å². The lowest BCUT2D eigenvalue weighted by Crippen LogP contribution is -2.62. The highest BCUT2D eigenvalue weighted by atomic mass is 16.6. The van der Waals surface area contributed by atoms with E-state index < -0.39 is 5.60 Å². The van der Waals surface area contributed by atoms with Gasteiger partial charge in [-0.2, -0.15) is 0 Å². The number of ether oxygens (including phenoxy) is 1. The van der Waals surface area contributed by atoms with Gasteiger partial charge >= 0.3 is 6.09 Å². The lowest BCUT2D eigenvalue weighted by Gasteiger charge is -2.53.